The maximum atomic E-state index is 12.7. The topological polar surface area (TPSA) is 63.4 Å². The third-order valence-corrected chi connectivity index (χ3v) is 7.36. The van der Waals surface area contributed by atoms with Crippen molar-refractivity contribution in [1.82, 2.24) is 4.31 Å². The van der Waals surface area contributed by atoms with E-state index in [2.05, 4.69) is 31.9 Å². The van der Waals surface area contributed by atoms with E-state index in [0.29, 0.717) is 20.6 Å². The fourth-order valence-corrected chi connectivity index (χ4v) is 6.02. The predicted molar refractivity (Wildman–Crippen MR) is 83.4 cm³/mol. The molecule has 19 heavy (non-hydrogen) atoms. The average Bonchev–Trinajstić information content (AvgIpc) is 3.08. The van der Waals surface area contributed by atoms with E-state index < -0.39 is 10.0 Å². The highest BCUT2D eigenvalue weighted by atomic mass is 79.9. The van der Waals surface area contributed by atoms with Gasteiger partial charge in [-0.25, -0.2) is 8.42 Å². The van der Waals surface area contributed by atoms with Gasteiger partial charge in [-0.15, -0.1) is 0 Å². The number of nitrogens with two attached hydrogens (primary N) is 1. The van der Waals surface area contributed by atoms with Crippen molar-refractivity contribution in [3.63, 3.8) is 0 Å². The molecule has 1 atom stereocenters. The van der Waals surface area contributed by atoms with Crippen molar-refractivity contribution >= 4 is 47.6 Å². The summed E-state index contributed by atoms with van der Waals surface area (Å²) in [6.07, 6.45) is 2.20. The second-order valence-corrected chi connectivity index (χ2v) is 8.56. The molecule has 0 amide bonds. The minimum absolute atomic E-state index is 0.0151. The predicted octanol–water partition coefficient (Wildman–Crippen LogP) is 3.21. The number of sulfonamides is 1. The summed E-state index contributed by atoms with van der Waals surface area (Å²) in [6, 6.07) is 3.22. The van der Waals surface area contributed by atoms with Gasteiger partial charge in [-0.3, -0.25) is 0 Å². The normalized spacial score (nSPS) is 17.7. The van der Waals surface area contributed by atoms with E-state index in [9.17, 15) is 8.42 Å². The molecule has 1 aliphatic carbocycles. The maximum absolute atomic E-state index is 12.7. The van der Waals surface area contributed by atoms with E-state index in [-0.39, 0.29) is 10.9 Å². The average molecular weight is 412 g/mol. The molecule has 1 unspecified atom stereocenters. The number of benzene rings is 1. The number of rotatable bonds is 4. The first-order chi connectivity index (χ1) is 8.75. The van der Waals surface area contributed by atoms with E-state index in [1.807, 2.05) is 6.92 Å². The minimum atomic E-state index is -3.54. The zero-order chi connectivity index (χ0) is 14.4. The summed E-state index contributed by atoms with van der Waals surface area (Å²) in [6.45, 7) is 1.95. The summed E-state index contributed by atoms with van der Waals surface area (Å²) in [7, 11) is -1.90. The summed E-state index contributed by atoms with van der Waals surface area (Å²) < 4.78 is 27.8. The summed E-state index contributed by atoms with van der Waals surface area (Å²) in [5.41, 5.74) is 6.21. The molecule has 0 heterocycles. The third kappa shape index (κ3) is 2.99. The van der Waals surface area contributed by atoms with Gasteiger partial charge in [0.15, 0.2) is 0 Å². The highest BCUT2D eigenvalue weighted by Crippen LogP contribution is 2.39. The highest BCUT2D eigenvalue weighted by molar-refractivity contribution is 9.11. The van der Waals surface area contributed by atoms with Crippen LogP contribution in [0.4, 0.5) is 5.69 Å². The number of halogens is 2. The van der Waals surface area contributed by atoms with Gasteiger partial charge in [0.05, 0.1) is 0 Å². The van der Waals surface area contributed by atoms with Crippen LogP contribution >= 0.6 is 31.9 Å². The molecule has 0 bridgehead atoms. The number of nitrogens with zero attached hydrogens (tertiary/aromatic N) is 1. The lowest BCUT2D eigenvalue weighted by molar-refractivity contribution is 0.356. The first-order valence-corrected chi connectivity index (χ1v) is 9.00. The molecule has 4 nitrogen and oxygen atoms in total. The summed E-state index contributed by atoms with van der Waals surface area (Å²) in [5, 5.41) is 0. The van der Waals surface area contributed by atoms with Crippen LogP contribution in [0.5, 0.6) is 0 Å². The van der Waals surface area contributed by atoms with E-state index in [1.165, 1.54) is 4.31 Å². The molecule has 1 aromatic carbocycles. The van der Waals surface area contributed by atoms with E-state index in [1.54, 1.807) is 19.2 Å². The van der Waals surface area contributed by atoms with Gasteiger partial charge in [0.25, 0.3) is 0 Å². The molecule has 1 fully saturated rings. The monoisotopic (exact) mass is 410 g/mol. The first-order valence-electron chi connectivity index (χ1n) is 5.97. The number of nitrogen functional groups attached to an aromatic ring is 1. The standard InChI is InChI=1S/C12H16Br2N2O2S/c1-7(8-3-4-8)16(2)19(17,18)12-10(13)5-9(15)6-11(12)14/h5-8H,3-4,15H2,1-2H3. The van der Waals surface area contributed by atoms with Crippen molar-refractivity contribution in [1.29, 1.82) is 0 Å². The van der Waals surface area contributed by atoms with Gasteiger partial charge in [-0.2, -0.15) is 4.31 Å². The summed E-state index contributed by atoms with van der Waals surface area (Å²) in [4.78, 5) is 0.233. The van der Waals surface area contributed by atoms with Gasteiger partial charge in [0.1, 0.15) is 4.90 Å². The molecule has 1 saturated carbocycles. The molecule has 2 rings (SSSR count). The molecule has 106 valence electrons. The molecule has 0 saturated heterocycles. The van der Waals surface area contributed by atoms with Crippen LogP contribution in [0.25, 0.3) is 0 Å². The van der Waals surface area contributed by atoms with Gasteiger partial charge >= 0.3 is 0 Å². The molecule has 0 radical (unpaired) electrons. The van der Waals surface area contributed by atoms with Crippen LogP contribution in [0, 0.1) is 5.92 Å². The van der Waals surface area contributed by atoms with Gasteiger partial charge in [-0.05, 0) is 69.7 Å². The zero-order valence-corrected chi connectivity index (χ0v) is 14.7. The molecular formula is C12H16Br2N2O2S. The Morgan fingerprint density at radius 3 is 2.21 bits per heavy atom. The fraction of sp³-hybridized carbons (Fsp3) is 0.500. The highest BCUT2D eigenvalue weighted by Gasteiger charge is 2.37. The second-order valence-electron chi connectivity index (χ2n) is 4.91. The number of hydrogen-bond acceptors (Lipinski definition) is 3. The molecule has 7 heteroatoms. The van der Waals surface area contributed by atoms with Crippen LogP contribution in [0.3, 0.4) is 0 Å². The van der Waals surface area contributed by atoms with E-state index >= 15 is 0 Å². The molecule has 0 aromatic heterocycles. The lowest BCUT2D eigenvalue weighted by atomic mass is 10.2. The Morgan fingerprint density at radius 2 is 1.79 bits per heavy atom. The number of hydrogen-bond donors (Lipinski definition) is 1. The fourth-order valence-electron chi connectivity index (χ4n) is 2.06. The van der Waals surface area contributed by atoms with Crippen molar-refractivity contribution in [3.8, 4) is 0 Å². The molecule has 2 N–H and O–H groups in total. The number of anilines is 1. The Morgan fingerprint density at radius 1 is 1.32 bits per heavy atom. The quantitative estimate of drug-likeness (QED) is 0.773. The Labute approximate surface area is 130 Å². The smallest absolute Gasteiger partial charge is 0.245 e. The van der Waals surface area contributed by atoms with Crippen molar-refractivity contribution in [2.45, 2.75) is 30.7 Å². The van der Waals surface area contributed by atoms with Crippen LogP contribution in [-0.2, 0) is 10.0 Å². The van der Waals surface area contributed by atoms with Crippen LogP contribution in [0.2, 0.25) is 0 Å². The second kappa shape index (κ2) is 5.35. The minimum Gasteiger partial charge on any atom is -0.399 e. The summed E-state index contributed by atoms with van der Waals surface area (Å²) in [5.74, 6) is 0.478. The SMILES string of the molecule is CC(C1CC1)N(C)S(=O)(=O)c1c(Br)cc(N)cc1Br. The van der Waals surface area contributed by atoms with Gasteiger partial charge in [0.2, 0.25) is 10.0 Å². The van der Waals surface area contributed by atoms with Crippen molar-refractivity contribution < 1.29 is 8.42 Å². The zero-order valence-electron chi connectivity index (χ0n) is 10.7. The van der Waals surface area contributed by atoms with Crippen molar-refractivity contribution in [2.75, 3.05) is 12.8 Å². The molecule has 0 aliphatic heterocycles. The Kier molecular flexibility index (Phi) is 4.30. The van der Waals surface area contributed by atoms with Gasteiger partial charge in [0, 0.05) is 27.7 Å². The molecular weight excluding hydrogens is 396 g/mol. The van der Waals surface area contributed by atoms with Crippen LogP contribution in [0.1, 0.15) is 19.8 Å². The summed E-state index contributed by atoms with van der Waals surface area (Å²) >= 11 is 6.58. The van der Waals surface area contributed by atoms with E-state index in [4.69, 9.17) is 5.73 Å². The Balaban J connectivity index is 2.44. The van der Waals surface area contributed by atoms with Crippen molar-refractivity contribution in [3.05, 3.63) is 21.1 Å². The molecule has 1 aliphatic rings. The maximum Gasteiger partial charge on any atom is 0.245 e. The Bertz CT molecular complexity index is 577. The lowest BCUT2D eigenvalue weighted by Crippen LogP contribution is -2.36. The first kappa shape index (κ1) is 15.3. The Hall–Kier alpha value is -0.110. The lowest BCUT2D eigenvalue weighted by Gasteiger charge is -2.25. The third-order valence-electron chi connectivity index (χ3n) is 3.54. The van der Waals surface area contributed by atoms with Crippen molar-refractivity contribution in [2.24, 2.45) is 5.92 Å². The van der Waals surface area contributed by atoms with Crippen LogP contribution < -0.4 is 5.73 Å². The van der Waals surface area contributed by atoms with E-state index in [0.717, 1.165) is 12.8 Å². The largest absolute Gasteiger partial charge is 0.399 e. The van der Waals surface area contributed by atoms with Gasteiger partial charge in [-0.1, -0.05) is 0 Å². The van der Waals surface area contributed by atoms with Crippen LogP contribution in [-0.4, -0.2) is 25.8 Å². The van der Waals surface area contributed by atoms with Gasteiger partial charge < -0.3 is 5.73 Å². The molecule has 1 aromatic rings. The van der Waals surface area contributed by atoms with Crippen LogP contribution in [0.15, 0.2) is 26.0 Å². The molecule has 0 spiro atoms.